The van der Waals surface area contributed by atoms with E-state index in [1.165, 1.54) is 0 Å². The molecule has 4 rings (SSSR count). The van der Waals surface area contributed by atoms with Crippen LogP contribution in [0.4, 0.5) is 0 Å². The predicted octanol–water partition coefficient (Wildman–Crippen LogP) is 5.27. The number of carbonyl (C=O) groups excluding carboxylic acids is 3. The van der Waals surface area contributed by atoms with Gasteiger partial charge in [0.2, 0.25) is 5.91 Å². The van der Waals surface area contributed by atoms with E-state index in [-0.39, 0.29) is 17.6 Å². The van der Waals surface area contributed by atoms with Crippen molar-refractivity contribution in [2.75, 3.05) is 19.6 Å². The van der Waals surface area contributed by atoms with E-state index < -0.39 is 5.60 Å². The van der Waals surface area contributed by atoms with Crippen LogP contribution in [0, 0.1) is 13.8 Å². The van der Waals surface area contributed by atoms with Crippen molar-refractivity contribution in [2.24, 2.45) is 0 Å². The molecule has 2 aromatic carbocycles. The Morgan fingerprint density at radius 2 is 1.80 bits per heavy atom. The van der Waals surface area contributed by atoms with Gasteiger partial charge in [-0.2, -0.15) is 0 Å². The number of carbonyl (C=O) groups is 3. The Bertz CT molecular complexity index is 1110. The van der Waals surface area contributed by atoms with Crippen LogP contribution in [-0.2, 0) is 4.79 Å². The molecule has 35 heavy (non-hydrogen) atoms. The first-order valence-corrected chi connectivity index (χ1v) is 12.8. The van der Waals surface area contributed by atoms with E-state index in [4.69, 9.17) is 16.3 Å². The molecule has 2 aliphatic rings. The molecule has 0 saturated carbocycles. The summed E-state index contributed by atoms with van der Waals surface area (Å²) in [6, 6.07) is 11.0. The number of ether oxygens (including phenoxy) is 1. The van der Waals surface area contributed by atoms with Crippen LogP contribution in [0.25, 0.3) is 0 Å². The molecular weight excluding hydrogens is 464 g/mol. The highest BCUT2D eigenvalue weighted by Gasteiger charge is 2.44. The third kappa shape index (κ3) is 5.69. The van der Waals surface area contributed by atoms with E-state index in [0.29, 0.717) is 67.2 Å². The van der Waals surface area contributed by atoms with E-state index >= 15 is 0 Å². The molecule has 1 saturated heterocycles. The molecule has 1 spiro atoms. The minimum atomic E-state index is -0.537. The number of likely N-dealkylation sites (tertiary alicyclic amines) is 1. The lowest BCUT2D eigenvalue weighted by atomic mass is 9.81. The quantitative estimate of drug-likeness (QED) is 0.529. The molecule has 186 valence electrons. The van der Waals surface area contributed by atoms with Crippen molar-refractivity contribution in [2.45, 2.75) is 64.4 Å². The number of rotatable bonds is 7. The molecule has 0 atom stereocenters. The average Bonchev–Trinajstić information content (AvgIpc) is 2.85. The van der Waals surface area contributed by atoms with Gasteiger partial charge in [-0.05, 0) is 56.0 Å². The topological polar surface area (TPSA) is 75.7 Å². The Morgan fingerprint density at radius 1 is 1.09 bits per heavy atom. The Kier molecular flexibility index (Phi) is 7.80. The third-order valence-corrected chi connectivity index (χ3v) is 7.73. The summed E-state index contributed by atoms with van der Waals surface area (Å²) in [5.74, 6) is 0.780. The van der Waals surface area contributed by atoms with Gasteiger partial charge >= 0.3 is 0 Å². The first-order chi connectivity index (χ1) is 16.8. The molecule has 0 unspecified atom stereocenters. The fourth-order valence-corrected chi connectivity index (χ4v) is 5.22. The molecule has 2 aromatic rings. The number of aryl methyl sites for hydroxylation is 1. The fraction of sp³-hybridized carbons (Fsp3) is 0.464. The van der Waals surface area contributed by atoms with Crippen LogP contribution in [0.15, 0.2) is 36.4 Å². The van der Waals surface area contributed by atoms with E-state index in [1.807, 2.05) is 43.0 Å². The lowest BCUT2D eigenvalue weighted by Crippen LogP contribution is -2.52. The van der Waals surface area contributed by atoms with Crippen molar-refractivity contribution in [3.05, 3.63) is 63.7 Å². The second-order valence-electron chi connectivity index (χ2n) is 9.70. The van der Waals surface area contributed by atoms with Gasteiger partial charge in [0, 0.05) is 49.5 Å². The van der Waals surface area contributed by atoms with Gasteiger partial charge in [-0.25, -0.2) is 0 Å². The molecular formula is C28H33ClN2O4. The summed E-state index contributed by atoms with van der Waals surface area (Å²) in [6.07, 6.45) is 4.65. The smallest absolute Gasteiger partial charge is 0.251 e. The van der Waals surface area contributed by atoms with Gasteiger partial charge in [-0.3, -0.25) is 14.4 Å². The summed E-state index contributed by atoms with van der Waals surface area (Å²) < 4.78 is 6.40. The molecule has 7 heteroatoms. The van der Waals surface area contributed by atoms with E-state index in [1.54, 1.807) is 12.1 Å². The summed E-state index contributed by atoms with van der Waals surface area (Å²) in [6.45, 7) is 5.58. The highest BCUT2D eigenvalue weighted by molar-refractivity contribution is 6.32. The number of unbranched alkanes of at least 4 members (excludes halogenated alkanes) is 2. The van der Waals surface area contributed by atoms with Crippen LogP contribution >= 0.6 is 11.6 Å². The van der Waals surface area contributed by atoms with Crippen LogP contribution < -0.4 is 10.1 Å². The molecule has 2 heterocycles. The third-order valence-electron chi connectivity index (χ3n) is 7.15. The summed E-state index contributed by atoms with van der Waals surface area (Å²) in [5.41, 5.74) is 2.41. The van der Waals surface area contributed by atoms with Gasteiger partial charge < -0.3 is 15.0 Å². The lowest BCUT2D eigenvalue weighted by molar-refractivity contribution is -0.134. The van der Waals surface area contributed by atoms with Crippen LogP contribution in [0.5, 0.6) is 5.75 Å². The lowest BCUT2D eigenvalue weighted by Gasteiger charge is -2.44. The zero-order chi connectivity index (χ0) is 25.0. The number of fused-ring (bicyclic) bond motifs is 1. The van der Waals surface area contributed by atoms with Gasteiger partial charge in [-0.15, -0.1) is 0 Å². The number of nitrogens with zero attached hydrogens (tertiary/aromatic N) is 1. The van der Waals surface area contributed by atoms with Crippen molar-refractivity contribution in [3.8, 4) is 5.75 Å². The number of Topliss-reactive ketones (excluding diaryl/α,β-unsaturated/α-hetero) is 1. The van der Waals surface area contributed by atoms with E-state index in [9.17, 15) is 14.4 Å². The highest BCUT2D eigenvalue weighted by atomic mass is 35.5. The minimum absolute atomic E-state index is 0.0663. The highest BCUT2D eigenvalue weighted by Crippen LogP contribution is 2.43. The Balaban J connectivity index is 1.19. The second-order valence-corrected chi connectivity index (χ2v) is 10.1. The Hall–Kier alpha value is -2.86. The van der Waals surface area contributed by atoms with Crippen molar-refractivity contribution in [3.63, 3.8) is 0 Å². The largest absolute Gasteiger partial charge is 0.486 e. The number of amides is 2. The maximum atomic E-state index is 13.0. The number of nitrogens with one attached hydrogen (secondary N) is 1. The number of hydrogen-bond acceptors (Lipinski definition) is 4. The van der Waals surface area contributed by atoms with Gasteiger partial charge in [0.1, 0.15) is 11.4 Å². The van der Waals surface area contributed by atoms with Gasteiger partial charge in [0.15, 0.2) is 5.78 Å². The standard InChI is InChI=1S/C28H33ClN2O4/c1-19-17-23-25(20(2)26(19)29)22(32)18-28(35-23)12-15-31(16-13-28)24(33)11-7-4-8-14-30-27(34)21-9-5-3-6-10-21/h3,5-6,9-10,17H,4,7-8,11-16,18H2,1-2H3,(H,30,34). The second kappa shape index (κ2) is 10.8. The molecule has 2 amide bonds. The van der Waals surface area contributed by atoms with E-state index in [2.05, 4.69) is 5.32 Å². The van der Waals surface area contributed by atoms with Crippen molar-refractivity contribution in [1.29, 1.82) is 0 Å². The van der Waals surface area contributed by atoms with Crippen LogP contribution in [-0.4, -0.2) is 47.7 Å². The normalized spacial score (nSPS) is 16.5. The summed E-state index contributed by atoms with van der Waals surface area (Å²) in [7, 11) is 0. The zero-order valence-corrected chi connectivity index (χ0v) is 21.2. The van der Waals surface area contributed by atoms with Crippen molar-refractivity contribution in [1.82, 2.24) is 10.2 Å². The first-order valence-electron chi connectivity index (χ1n) is 12.4. The first kappa shape index (κ1) is 25.2. The monoisotopic (exact) mass is 496 g/mol. The minimum Gasteiger partial charge on any atom is -0.486 e. The average molecular weight is 497 g/mol. The number of hydrogen-bond donors (Lipinski definition) is 1. The molecule has 1 fully saturated rings. The molecule has 0 aliphatic carbocycles. The fourth-order valence-electron chi connectivity index (χ4n) is 5.07. The number of benzene rings is 2. The van der Waals surface area contributed by atoms with E-state index in [0.717, 1.165) is 30.4 Å². The predicted molar refractivity (Wildman–Crippen MR) is 136 cm³/mol. The maximum absolute atomic E-state index is 13.0. The molecule has 2 aliphatic heterocycles. The van der Waals surface area contributed by atoms with Crippen LogP contribution in [0.3, 0.4) is 0 Å². The molecule has 0 bridgehead atoms. The Labute approximate surface area is 212 Å². The summed E-state index contributed by atoms with van der Waals surface area (Å²) in [4.78, 5) is 39.6. The number of piperidine rings is 1. The van der Waals surface area contributed by atoms with Crippen LogP contribution in [0.1, 0.15) is 76.8 Å². The zero-order valence-electron chi connectivity index (χ0n) is 20.5. The number of ketones is 1. The van der Waals surface area contributed by atoms with Gasteiger partial charge in [-0.1, -0.05) is 36.2 Å². The van der Waals surface area contributed by atoms with Gasteiger partial charge in [0.05, 0.1) is 12.0 Å². The molecule has 1 N–H and O–H groups in total. The summed E-state index contributed by atoms with van der Waals surface area (Å²) in [5, 5.41) is 3.54. The van der Waals surface area contributed by atoms with Crippen LogP contribution in [0.2, 0.25) is 5.02 Å². The number of halogens is 1. The van der Waals surface area contributed by atoms with Gasteiger partial charge in [0.25, 0.3) is 5.91 Å². The molecule has 0 aromatic heterocycles. The summed E-state index contributed by atoms with van der Waals surface area (Å²) >= 11 is 6.35. The van der Waals surface area contributed by atoms with Crippen molar-refractivity contribution < 1.29 is 19.1 Å². The molecule has 6 nitrogen and oxygen atoms in total. The molecule has 0 radical (unpaired) electrons. The SMILES string of the molecule is Cc1cc2c(c(C)c1Cl)C(=O)CC1(CCN(C(=O)CCCCCNC(=O)c3ccccc3)CC1)O2. The van der Waals surface area contributed by atoms with Crippen molar-refractivity contribution >= 4 is 29.2 Å². The maximum Gasteiger partial charge on any atom is 0.251 e. The Morgan fingerprint density at radius 3 is 2.51 bits per heavy atom.